The minimum Gasteiger partial charge on any atom is -0.462 e. The first-order valence-corrected chi connectivity index (χ1v) is 7.01. The average molecular weight is 276 g/mol. The lowest BCUT2D eigenvalue weighted by atomic mass is 10.00. The van der Waals surface area contributed by atoms with E-state index in [1.807, 2.05) is 13.8 Å². The van der Waals surface area contributed by atoms with Gasteiger partial charge in [-0.1, -0.05) is 24.8 Å². The Bertz CT molecular complexity index is 646. The molecule has 2 aromatic rings. The molecule has 2 aromatic heterocycles. The monoisotopic (exact) mass is 276 g/mol. The van der Waals surface area contributed by atoms with E-state index < -0.39 is 0 Å². The zero-order valence-corrected chi connectivity index (χ0v) is 12.1. The fourth-order valence-corrected chi connectivity index (χ4v) is 2.65. The minimum atomic E-state index is -0.368. The van der Waals surface area contributed by atoms with Crippen LogP contribution in [0.1, 0.15) is 41.2 Å². The quantitative estimate of drug-likeness (QED) is 0.801. The van der Waals surface area contributed by atoms with Crippen molar-refractivity contribution in [1.82, 2.24) is 9.97 Å². The molecule has 5 heteroatoms. The molecule has 0 unspecified atom stereocenters. The number of allylic oxidation sites excluding steroid dienone is 1. The van der Waals surface area contributed by atoms with E-state index in [4.69, 9.17) is 4.74 Å². The summed E-state index contributed by atoms with van der Waals surface area (Å²) in [6, 6.07) is 0. The second-order valence-corrected chi connectivity index (χ2v) is 5.29. The highest BCUT2D eigenvalue weighted by Gasteiger charge is 2.20. The van der Waals surface area contributed by atoms with Crippen molar-refractivity contribution >= 4 is 33.2 Å². The third-order valence-electron chi connectivity index (χ3n) is 2.81. The smallest absolute Gasteiger partial charge is 0.340 e. The van der Waals surface area contributed by atoms with Gasteiger partial charge in [-0.3, -0.25) is 0 Å². The van der Waals surface area contributed by atoms with Crippen LogP contribution in [0.2, 0.25) is 0 Å². The summed E-state index contributed by atoms with van der Waals surface area (Å²) in [5.74, 6) is -0.368. The summed E-state index contributed by atoms with van der Waals surface area (Å²) in [6.07, 6.45) is 2.32. The lowest BCUT2D eigenvalue weighted by molar-refractivity contribution is 0.0525. The number of thiazole rings is 1. The Morgan fingerprint density at radius 3 is 2.84 bits per heavy atom. The first-order valence-electron chi connectivity index (χ1n) is 6.19. The molecule has 100 valence electrons. The molecule has 0 saturated heterocycles. The van der Waals surface area contributed by atoms with E-state index in [0.717, 1.165) is 32.9 Å². The third kappa shape index (κ3) is 2.51. The van der Waals surface area contributed by atoms with E-state index in [-0.39, 0.29) is 5.97 Å². The molecule has 0 atom stereocenters. The van der Waals surface area contributed by atoms with E-state index in [1.165, 1.54) is 11.3 Å². The molecule has 0 aliphatic heterocycles. The predicted molar refractivity (Wildman–Crippen MR) is 77.4 cm³/mol. The van der Waals surface area contributed by atoms with Crippen LogP contribution in [-0.2, 0) is 4.74 Å². The van der Waals surface area contributed by atoms with E-state index in [9.17, 15) is 4.79 Å². The highest BCUT2D eigenvalue weighted by molar-refractivity contribution is 7.18. The maximum atomic E-state index is 12.0. The zero-order valence-electron chi connectivity index (χ0n) is 11.3. The number of hydrogen-bond donors (Lipinski definition) is 0. The minimum absolute atomic E-state index is 0.338. The Labute approximate surface area is 116 Å². The molecule has 0 radical (unpaired) electrons. The van der Waals surface area contributed by atoms with Gasteiger partial charge >= 0.3 is 5.97 Å². The van der Waals surface area contributed by atoms with Crippen LogP contribution < -0.4 is 0 Å². The molecule has 0 spiro atoms. The fourth-order valence-electron chi connectivity index (χ4n) is 1.88. The van der Waals surface area contributed by atoms with Crippen LogP contribution >= 0.6 is 11.3 Å². The van der Waals surface area contributed by atoms with Gasteiger partial charge in [0.1, 0.15) is 10.3 Å². The lowest BCUT2D eigenvalue weighted by Gasteiger charge is -2.10. The van der Waals surface area contributed by atoms with E-state index in [0.29, 0.717) is 12.2 Å². The van der Waals surface area contributed by atoms with Gasteiger partial charge in [-0.2, -0.15) is 0 Å². The van der Waals surface area contributed by atoms with Crippen LogP contribution in [0.15, 0.2) is 12.8 Å². The summed E-state index contributed by atoms with van der Waals surface area (Å²) in [6.45, 7) is 10.1. The standard InChI is InChI=1S/C14H16N2O2S/c1-5-8(3)11-10(14(17)18-6-2)7-15-13-12(11)16-9(4)19-13/h7H,3,5-6H2,1-2,4H3. The van der Waals surface area contributed by atoms with Crippen molar-refractivity contribution in [3.8, 4) is 0 Å². The highest BCUT2D eigenvalue weighted by atomic mass is 32.1. The molecular formula is C14H16N2O2S. The number of aromatic nitrogens is 2. The van der Waals surface area contributed by atoms with Crippen molar-refractivity contribution in [2.45, 2.75) is 27.2 Å². The van der Waals surface area contributed by atoms with Crippen LogP contribution in [0.3, 0.4) is 0 Å². The number of nitrogens with zero attached hydrogens (tertiary/aromatic N) is 2. The summed E-state index contributed by atoms with van der Waals surface area (Å²) in [7, 11) is 0. The van der Waals surface area contributed by atoms with Crippen LogP contribution in [0, 0.1) is 6.92 Å². The van der Waals surface area contributed by atoms with Crippen molar-refractivity contribution in [3.05, 3.63) is 28.9 Å². The predicted octanol–water partition coefficient (Wildman–Crippen LogP) is 3.60. The number of ether oxygens (including phenoxy) is 1. The normalized spacial score (nSPS) is 10.7. The molecule has 0 aliphatic carbocycles. The largest absolute Gasteiger partial charge is 0.462 e. The Kier molecular flexibility index (Phi) is 3.95. The van der Waals surface area contributed by atoms with Crippen molar-refractivity contribution in [2.75, 3.05) is 6.61 Å². The van der Waals surface area contributed by atoms with E-state index in [2.05, 4.69) is 16.5 Å². The molecule has 19 heavy (non-hydrogen) atoms. The second-order valence-electron chi connectivity index (χ2n) is 4.11. The first-order chi connectivity index (χ1) is 9.08. The topological polar surface area (TPSA) is 52.1 Å². The van der Waals surface area contributed by atoms with Crippen LogP contribution in [-0.4, -0.2) is 22.5 Å². The molecule has 0 aromatic carbocycles. The molecule has 0 bridgehead atoms. The summed E-state index contributed by atoms with van der Waals surface area (Å²) >= 11 is 1.51. The number of fused-ring (bicyclic) bond motifs is 1. The molecule has 2 rings (SSSR count). The summed E-state index contributed by atoms with van der Waals surface area (Å²) in [5.41, 5.74) is 2.85. The molecule has 0 amide bonds. The van der Waals surface area contributed by atoms with Crippen LogP contribution in [0.4, 0.5) is 0 Å². The first kappa shape index (κ1) is 13.7. The van der Waals surface area contributed by atoms with Gasteiger partial charge in [0, 0.05) is 11.8 Å². The van der Waals surface area contributed by atoms with Crippen LogP contribution in [0.5, 0.6) is 0 Å². The molecule has 0 fully saturated rings. The maximum Gasteiger partial charge on any atom is 0.340 e. The van der Waals surface area contributed by atoms with Crippen LogP contribution in [0.25, 0.3) is 15.9 Å². The van der Waals surface area contributed by atoms with Gasteiger partial charge in [0.2, 0.25) is 0 Å². The van der Waals surface area contributed by atoms with Gasteiger partial charge in [-0.15, -0.1) is 0 Å². The third-order valence-corrected chi connectivity index (χ3v) is 3.69. The van der Waals surface area contributed by atoms with Gasteiger partial charge in [0.05, 0.1) is 17.2 Å². The highest BCUT2D eigenvalue weighted by Crippen LogP contribution is 2.31. The SMILES string of the molecule is C=C(CC)c1c(C(=O)OCC)cnc2sc(C)nc12. The van der Waals surface area contributed by atoms with Gasteiger partial charge < -0.3 is 4.74 Å². The second kappa shape index (κ2) is 5.48. The molecule has 4 nitrogen and oxygen atoms in total. The van der Waals surface area contributed by atoms with Gasteiger partial charge in [-0.05, 0) is 25.8 Å². The van der Waals surface area contributed by atoms with Gasteiger partial charge in [0.15, 0.2) is 0 Å². The number of pyridine rings is 1. The molecule has 0 saturated carbocycles. The molecular weight excluding hydrogens is 260 g/mol. The van der Waals surface area contributed by atoms with Crippen molar-refractivity contribution in [2.24, 2.45) is 0 Å². The number of carbonyl (C=O) groups excluding carboxylic acids is 1. The number of esters is 1. The Balaban J connectivity index is 2.69. The number of hydrogen-bond acceptors (Lipinski definition) is 5. The summed E-state index contributed by atoms with van der Waals surface area (Å²) in [4.78, 5) is 21.6. The molecule has 0 aliphatic rings. The van der Waals surface area contributed by atoms with Crippen molar-refractivity contribution in [1.29, 1.82) is 0 Å². The summed E-state index contributed by atoms with van der Waals surface area (Å²) in [5, 5.41) is 0.925. The Morgan fingerprint density at radius 2 is 2.21 bits per heavy atom. The lowest BCUT2D eigenvalue weighted by Crippen LogP contribution is -2.09. The van der Waals surface area contributed by atoms with E-state index >= 15 is 0 Å². The number of rotatable bonds is 4. The zero-order chi connectivity index (χ0) is 14.0. The molecule has 2 heterocycles. The van der Waals surface area contributed by atoms with Gasteiger partial charge in [-0.25, -0.2) is 14.8 Å². The Hall–Kier alpha value is -1.75. The molecule has 0 N–H and O–H groups in total. The van der Waals surface area contributed by atoms with Gasteiger partial charge in [0.25, 0.3) is 0 Å². The average Bonchev–Trinajstić information content (AvgIpc) is 2.77. The Morgan fingerprint density at radius 1 is 1.47 bits per heavy atom. The van der Waals surface area contributed by atoms with Crippen molar-refractivity contribution in [3.63, 3.8) is 0 Å². The number of aryl methyl sites for hydroxylation is 1. The van der Waals surface area contributed by atoms with E-state index in [1.54, 1.807) is 13.1 Å². The maximum absolute atomic E-state index is 12.0. The van der Waals surface area contributed by atoms with Crippen molar-refractivity contribution < 1.29 is 9.53 Å². The number of carbonyl (C=O) groups is 1. The fraction of sp³-hybridized carbons (Fsp3) is 0.357. The summed E-state index contributed by atoms with van der Waals surface area (Å²) < 4.78 is 5.07.